The molecule has 3 aromatic rings. The Morgan fingerprint density at radius 3 is 2.74 bits per heavy atom. The van der Waals surface area contributed by atoms with Crippen LogP contribution in [0.1, 0.15) is 11.3 Å². The fraction of sp³-hybridized carbons (Fsp3) is 0.211. The van der Waals surface area contributed by atoms with E-state index in [2.05, 4.69) is 31.4 Å². The number of H-pyrrole nitrogens is 1. The number of nitrogens with zero attached hydrogens (tertiary/aromatic N) is 1. The number of nitrogens with one attached hydrogen (secondary N) is 2. The number of alkyl carbamates (subject to hydrolysis) is 1. The van der Waals surface area contributed by atoms with Crippen molar-refractivity contribution in [1.29, 1.82) is 0 Å². The van der Waals surface area contributed by atoms with Gasteiger partial charge in [0.1, 0.15) is 12.6 Å². The Kier molecular flexibility index (Phi) is 6.08. The third-order valence-electron chi connectivity index (χ3n) is 3.99. The van der Waals surface area contributed by atoms with Crippen LogP contribution in [-0.2, 0) is 27.3 Å². The second-order valence-electron chi connectivity index (χ2n) is 5.85. The fourth-order valence-electron chi connectivity index (χ4n) is 2.64. The van der Waals surface area contributed by atoms with Crippen LogP contribution in [0.25, 0.3) is 10.9 Å². The molecule has 0 aliphatic carbocycles. The summed E-state index contributed by atoms with van der Waals surface area (Å²) in [4.78, 5) is 24.2. The first kappa shape index (κ1) is 18.9. The van der Waals surface area contributed by atoms with Gasteiger partial charge in [-0.1, -0.05) is 46.3 Å². The van der Waals surface area contributed by atoms with Crippen LogP contribution in [-0.4, -0.2) is 35.4 Å². The highest BCUT2D eigenvalue weighted by molar-refractivity contribution is 9.10. The van der Waals surface area contributed by atoms with Gasteiger partial charge in [-0.15, -0.1) is 0 Å². The molecule has 3 rings (SSSR count). The molecule has 1 atom stereocenters. The lowest BCUT2D eigenvalue weighted by Crippen LogP contribution is -2.43. The Morgan fingerprint density at radius 1 is 1.22 bits per heavy atom. The van der Waals surface area contributed by atoms with Crippen LogP contribution in [0.2, 0.25) is 0 Å². The smallest absolute Gasteiger partial charge is 0.408 e. The molecule has 2 aromatic carbocycles. The minimum atomic E-state index is -0.902. The quantitative estimate of drug-likeness (QED) is 0.583. The predicted molar refractivity (Wildman–Crippen MR) is 103 cm³/mol. The molecule has 0 spiro atoms. The van der Waals surface area contributed by atoms with E-state index in [0.29, 0.717) is 5.69 Å². The number of benzene rings is 2. The molecule has 0 fully saturated rings. The van der Waals surface area contributed by atoms with Gasteiger partial charge in [0.15, 0.2) is 0 Å². The van der Waals surface area contributed by atoms with Gasteiger partial charge in [0.2, 0.25) is 0 Å². The van der Waals surface area contributed by atoms with Crippen LogP contribution in [0, 0.1) is 0 Å². The maximum absolute atomic E-state index is 12.1. The Labute approximate surface area is 164 Å². The molecular formula is C19H18BrN3O4. The summed E-state index contributed by atoms with van der Waals surface area (Å²) in [6.07, 6.45) is -0.501. The molecule has 140 valence electrons. The highest BCUT2D eigenvalue weighted by Crippen LogP contribution is 2.22. The first-order valence-electron chi connectivity index (χ1n) is 8.24. The number of amides is 1. The van der Waals surface area contributed by atoms with Gasteiger partial charge in [-0.2, -0.15) is 5.10 Å². The van der Waals surface area contributed by atoms with Crippen molar-refractivity contribution >= 4 is 38.9 Å². The van der Waals surface area contributed by atoms with E-state index in [0.717, 1.165) is 20.9 Å². The molecule has 0 aliphatic rings. The van der Waals surface area contributed by atoms with E-state index in [1.807, 2.05) is 48.5 Å². The van der Waals surface area contributed by atoms with Crippen LogP contribution in [0.5, 0.6) is 0 Å². The molecule has 1 heterocycles. The molecule has 2 N–H and O–H groups in total. The van der Waals surface area contributed by atoms with Crippen LogP contribution >= 0.6 is 15.9 Å². The molecular weight excluding hydrogens is 414 g/mol. The number of ether oxygens (including phenoxy) is 2. The maximum atomic E-state index is 12.1. The van der Waals surface area contributed by atoms with Crippen LogP contribution in [0.3, 0.4) is 0 Å². The molecule has 1 amide bonds. The summed E-state index contributed by atoms with van der Waals surface area (Å²) in [6, 6.07) is 14.0. The number of rotatable bonds is 6. The average Bonchev–Trinajstić information content (AvgIpc) is 3.08. The zero-order valence-corrected chi connectivity index (χ0v) is 16.2. The second kappa shape index (κ2) is 8.68. The van der Waals surface area contributed by atoms with E-state index in [9.17, 15) is 9.59 Å². The van der Waals surface area contributed by atoms with Crippen LogP contribution < -0.4 is 5.32 Å². The minimum absolute atomic E-state index is 0.112. The lowest BCUT2D eigenvalue weighted by Gasteiger charge is -2.16. The summed E-state index contributed by atoms with van der Waals surface area (Å²) >= 11 is 3.42. The Balaban J connectivity index is 1.69. The van der Waals surface area contributed by atoms with Crippen LogP contribution in [0.15, 0.2) is 53.0 Å². The Hall–Kier alpha value is -2.87. The van der Waals surface area contributed by atoms with Gasteiger partial charge in [-0.05, 0) is 23.8 Å². The molecule has 0 saturated heterocycles. The normalized spacial score (nSPS) is 11.8. The number of halogens is 1. The van der Waals surface area contributed by atoms with Crippen molar-refractivity contribution in [3.63, 3.8) is 0 Å². The summed E-state index contributed by atoms with van der Waals surface area (Å²) in [5, 5.41) is 10.5. The highest BCUT2D eigenvalue weighted by atomic mass is 79.9. The predicted octanol–water partition coefficient (Wildman–Crippen LogP) is 3.34. The van der Waals surface area contributed by atoms with E-state index in [1.165, 1.54) is 7.11 Å². The summed E-state index contributed by atoms with van der Waals surface area (Å²) < 4.78 is 10.9. The van der Waals surface area contributed by atoms with E-state index >= 15 is 0 Å². The fourth-order valence-corrected chi connectivity index (χ4v) is 3.00. The monoisotopic (exact) mass is 431 g/mol. The van der Waals surface area contributed by atoms with Crippen molar-refractivity contribution < 1.29 is 19.1 Å². The summed E-state index contributed by atoms with van der Waals surface area (Å²) in [5.74, 6) is -0.565. The number of aromatic amines is 1. The number of carbonyl (C=O) groups excluding carboxylic acids is 2. The summed E-state index contributed by atoms with van der Waals surface area (Å²) in [6.45, 7) is 0.112. The number of esters is 1. The highest BCUT2D eigenvalue weighted by Gasteiger charge is 2.24. The van der Waals surface area contributed by atoms with Crippen molar-refractivity contribution in [3.05, 3.63) is 64.3 Å². The van der Waals surface area contributed by atoms with Gasteiger partial charge in [-0.25, -0.2) is 9.59 Å². The zero-order chi connectivity index (χ0) is 19.2. The van der Waals surface area contributed by atoms with Crippen molar-refractivity contribution in [2.45, 2.75) is 19.1 Å². The van der Waals surface area contributed by atoms with Crippen molar-refractivity contribution in [1.82, 2.24) is 15.5 Å². The number of carbonyl (C=O) groups is 2. The number of hydrogen-bond acceptors (Lipinski definition) is 5. The molecule has 0 bridgehead atoms. The number of methoxy groups -OCH3 is 1. The first-order valence-corrected chi connectivity index (χ1v) is 9.03. The molecule has 1 aromatic heterocycles. The number of hydrogen-bond donors (Lipinski definition) is 2. The molecule has 0 radical (unpaired) electrons. The molecule has 0 aliphatic heterocycles. The number of aromatic nitrogens is 2. The zero-order valence-electron chi connectivity index (χ0n) is 14.6. The summed E-state index contributed by atoms with van der Waals surface area (Å²) in [7, 11) is 1.27. The Bertz CT molecular complexity index is 943. The molecule has 7 nitrogen and oxygen atoms in total. The maximum Gasteiger partial charge on any atom is 0.408 e. The van der Waals surface area contributed by atoms with Gasteiger partial charge in [0, 0.05) is 22.0 Å². The second-order valence-corrected chi connectivity index (χ2v) is 6.77. The van der Waals surface area contributed by atoms with Crippen LogP contribution in [0.4, 0.5) is 4.79 Å². The van der Waals surface area contributed by atoms with Crippen molar-refractivity contribution in [2.75, 3.05) is 7.11 Å². The lowest BCUT2D eigenvalue weighted by atomic mass is 10.1. The van der Waals surface area contributed by atoms with Crippen molar-refractivity contribution in [3.8, 4) is 0 Å². The standard InChI is InChI=1S/C19H18BrN3O4/c1-26-18(24)17(21-19(25)27-11-12-5-3-2-4-6-12)10-16-14-9-13(20)7-8-15(14)22-23-16/h2-9,17H,10-11H2,1H3,(H,21,25)(H,22,23). The third kappa shape index (κ3) is 4.85. The van der Waals surface area contributed by atoms with E-state index in [1.54, 1.807) is 0 Å². The molecule has 27 heavy (non-hydrogen) atoms. The lowest BCUT2D eigenvalue weighted by molar-refractivity contribution is -0.143. The molecule has 1 unspecified atom stereocenters. The van der Waals surface area contributed by atoms with E-state index in [-0.39, 0.29) is 13.0 Å². The third-order valence-corrected chi connectivity index (χ3v) is 4.49. The number of fused-ring (bicyclic) bond motifs is 1. The average molecular weight is 432 g/mol. The van der Waals surface area contributed by atoms with Gasteiger partial charge >= 0.3 is 12.1 Å². The molecule has 0 saturated carbocycles. The van der Waals surface area contributed by atoms with Gasteiger partial charge < -0.3 is 14.8 Å². The Morgan fingerprint density at radius 2 is 2.00 bits per heavy atom. The largest absolute Gasteiger partial charge is 0.467 e. The first-order chi connectivity index (χ1) is 13.1. The van der Waals surface area contributed by atoms with Crippen molar-refractivity contribution in [2.24, 2.45) is 0 Å². The molecule has 8 heteroatoms. The van der Waals surface area contributed by atoms with Gasteiger partial charge in [-0.3, -0.25) is 5.10 Å². The van der Waals surface area contributed by atoms with Gasteiger partial charge in [0.25, 0.3) is 0 Å². The topological polar surface area (TPSA) is 93.3 Å². The minimum Gasteiger partial charge on any atom is -0.467 e. The van der Waals surface area contributed by atoms with E-state index < -0.39 is 18.1 Å². The van der Waals surface area contributed by atoms with E-state index in [4.69, 9.17) is 9.47 Å². The SMILES string of the molecule is COC(=O)C(Cc1[nH]nc2ccc(Br)cc12)NC(=O)OCc1ccccc1. The van der Waals surface area contributed by atoms with Gasteiger partial charge in [0.05, 0.1) is 12.6 Å². The summed E-state index contributed by atoms with van der Waals surface area (Å²) in [5.41, 5.74) is 2.33.